The van der Waals surface area contributed by atoms with Crippen molar-refractivity contribution in [3.8, 4) is 5.88 Å². The van der Waals surface area contributed by atoms with E-state index in [9.17, 15) is 4.79 Å². The quantitative estimate of drug-likeness (QED) is 0.400. The molecule has 1 aliphatic carbocycles. The summed E-state index contributed by atoms with van der Waals surface area (Å²) in [6.07, 6.45) is 9.44. The molecule has 0 aromatic carbocycles. The summed E-state index contributed by atoms with van der Waals surface area (Å²) in [5.41, 5.74) is 1.41. The number of nitrogens with zero attached hydrogens (tertiary/aromatic N) is 4. The molecule has 0 spiro atoms. The standard InChI is InChI=1S/C24H30N8O2/c1-34-23-21-16(8-9-26-23)4-7-20(32-21)30-18-5-2-15(3-6-18)10-27-24-28-13-19(14-29-24)31-22(33)17-11-25-12-17/h4,7-9,13-15,17-18,25H,2-3,5-6,10-12H2,1H3,(H,30,32)(H,31,33)(H,27,28,29)/t15-,18-. The molecular formula is C24H30N8O2. The third-order valence-electron chi connectivity index (χ3n) is 6.59. The minimum Gasteiger partial charge on any atom is -0.479 e. The van der Waals surface area contributed by atoms with Crippen molar-refractivity contribution in [3.05, 3.63) is 36.8 Å². The van der Waals surface area contributed by atoms with E-state index in [1.54, 1.807) is 25.7 Å². The highest BCUT2D eigenvalue weighted by Crippen LogP contribution is 2.28. The van der Waals surface area contributed by atoms with Crippen molar-refractivity contribution in [1.29, 1.82) is 0 Å². The van der Waals surface area contributed by atoms with Crippen LogP contribution < -0.4 is 26.0 Å². The molecule has 0 unspecified atom stereocenters. The van der Waals surface area contributed by atoms with E-state index in [1.807, 2.05) is 18.2 Å². The van der Waals surface area contributed by atoms with Gasteiger partial charge in [-0.15, -0.1) is 0 Å². The Balaban J connectivity index is 1.07. The number of methoxy groups -OCH3 is 1. The van der Waals surface area contributed by atoms with Crippen LogP contribution in [0.4, 0.5) is 17.5 Å². The van der Waals surface area contributed by atoms with Gasteiger partial charge in [0.2, 0.25) is 17.7 Å². The van der Waals surface area contributed by atoms with E-state index in [1.165, 1.54) is 0 Å². The zero-order valence-corrected chi connectivity index (χ0v) is 19.3. The molecule has 4 heterocycles. The summed E-state index contributed by atoms with van der Waals surface area (Å²) in [5.74, 6) is 2.62. The van der Waals surface area contributed by atoms with Crippen molar-refractivity contribution in [2.45, 2.75) is 31.7 Å². The number of carbonyl (C=O) groups excluding carboxylic acids is 1. The molecule has 1 saturated carbocycles. The normalized spacial score (nSPS) is 20.4. The van der Waals surface area contributed by atoms with E-state index in [0.717, 1.165) is 62.0 Å². The number of hydrogen-bond donors (Lipinski definition) is 4. The van der Waals surface area contributed by atoms with Crippen molar-refractivity contribution in [2.75, 3.05) is 42.7 Å². The smallest absolute Gasteiger partial charge is 0.240 e. The Morgan fingerprint density at radius 3 is 2.59 bits per heavy atom. The van der Waals surface area contributed by atoms with E-state index in [-0.39, 0.29) is 11.8 Å². The Bertz CT molecular complexity index is 1130. The topological polar surface area (TPSA) is 126 Å². The number of amides is 1. The van der Waals surface area contributed by atoms with Gasteiger partial charge in [0.25, 0.3) is 0 Å². The molecule has 3 aromatic heterocycles. The molecule has 0 radical (unpaired) electrons. The Hall–Kier alpha value is -3.53. The first kappa shape index (κ1) is 22.3. The second-order valence-electron chi connectivity index (χ2n) is 8.97. The van der Waals surface area contributed by atoms with E-state index in [2.05, 4.69) is 36.2 Å². The lowest BCUT2D eigenvalue weighted by Crippen LogP contribution is -2.48. The zero-order chi connectivity index (χ0) is 23.3. The maximum absolute atomic E-state index is 12.0. The van der Waals surface area contributed by atoms with Crippen molar-refractivity contribution < 1.29 is 9.53 Å². The minimum absolute atomic E-state index is 0.0168. The highest BCUT2D eigenvalue weighted by Gasteiger charge is 2.25. The second kappa shape index (κ2) is 10.2. The second-order valence-corrected chi connectivity index (χ2v) is 8.97. The summed E-state index contributed by atoms with van der Waals surface area (Å²) >= 11 is 0. The molecule has 5 rings (SSSR count). The number of hydrogen-bond acceptors (Lipinski definition) is 9. The molecule has 34 heavy (non-hydrogen) atoms. The lowest BCUT2D eigenvalue weighted by atomic mass is 9.86. The average Bonchev–Trinajstić information content (AvgIpc) is 2.83. The first-order valence-electron chi connectivity index (χ1n) is 11.8. The Labute approximate surface area is 198 Å². The summed E-state index contributed by atoms with van der Waals surface area (Å²) < 4.78 is 5.35. The van der Waals surface area contributed by atoms with Gasteiger partial charge in [0.05, 0.1) is 31.1 Å². The van der Waals surface area contributed by atoms with Crippen molar-refractivity contribution in [3.63, 3.8) is 0 Å². The van der Waals surface area contributed by atoms with Crippen molar-refractivity contribution in [1.82, 2.24) is 25.3 Å². The first-order chi connectivity index (χ1) is 16.7. The van der Waals surface area contributed by atoms with E-state index in [4.69, 9.17) is 9.72 Å². The van der Waals surface area contributed by atoms with Gasteiger partial charge in [0, 0.05) is 37.3 Å². The highest BCUT2D eigenvalue weighted by molar-refractivity contribution is 5.93. The molecule has 4 N–H and O–H groups in total. The first-order valence-corrected chi connectivity index (χ1v) is 11.8. The monoisotopic (exact) mass is 462 g/mol. The highest BCUT2D eigenvalue weighted by atomic mass is 16.5. The van der Waals surface area contributed by atoms with Gasteiger partial charge in [-0.3, -0.25) is 4.79 Å². The fourth-order valence-corrected chi connectivity index (χ4v) is 4.41. The Morgan fingerprint density at radius 2 is 1.88 bits per heavy atom. The SMILES string of the molecule is COc1nccc2ccc(N[C@H]3CC[C@H](CNc4ncc(NC(=O)C5CNC5)cn4)CC3)nc12. The molecule has 1 amide bonds. The van der Waals surface area contributed by atoms with Gasteiger partial charge in [-0.2, -0.15) is 0 Å². The molecule has 178 valence electrons. The maximum atomic E-state index is 12.0. The summed E-state index contributed by atoms with van der Waals surface area (Å²) in [6.45, 7) is 2.30. The molecule has 0 bridgehead atoms. The number of fused-ring (bicyclic) bond motifs is 1. The van der Waals surface area contributed by atoms with Crippen LogP contribution in [0.5, 0.6) is 5.88 Å². The van der Waals surface area contributed by atoms with Crippen LogP contribution in [0.1, 0.15) is 25.7 Å². The van der Waals surface area contributed by atoms with Gasteiger partial charge in [-0.1, -0.05) is 0 Å². The van der Waals surface area contributed by atoms with Crippen LogP contribution in [0.15, 0.2) is 36.8 Å². The number of ether oxygens (including phenoxy) is 1. The number of carbonyl (C=O) groups is 1. The number of pyridine rings is 2. The van der Waals surface area contributed by atoms with Gasteiger partial charge in [-0.25, -0.2) is 19.9 Å². The largest absolute Gasteiger partial charge is 0.479 e. The molecule has 2 aliphatic rings. The molecule has 3 aromatic rings. The molecule has 2 fully saturated rings. The third kappa shape index (κ3) is 5.17. The van der Waals surface area contributed by atoms with Gasteiger partial charge < -0.3 is 26.0 Å². The van der Waals surface area contributed by atoms with Crippen LogP contribution in [0.25, 0.3) is 10.9 Å². The van der Waals surface area contributed by atoms with Crippen LogP contribution in [0, 0.1) is 11.8 Å². The fourth-order valence-electron chi connectivity index (χ4n) is 4.41. The van der Waals surface area contributed by atoms with Crippen LogP contribution in [0.2, 0.25) is 0 Å². The molecule has 0 atom stereocenters. The van der Waals surface area contributed by atoms with Gasteiger partial charge in [0.15, 0.2) is 0 Å². The minimum atomic E-state index is 0.0168. The third-order valence-corrected chi connectivity index (χ3v) is 6.59. The summed E-state index contributed by atoms with van der Waals surface area (Å²) in [4.78, 5) is 29.7. The molecule has 10 nitrogen and oxygen atoms in total. The summed E-state index contributed by atoms with van der Waals surface area (Å²) in [7, 11) is 1.62. The van der Waals surface area contributed by atoms with Gasteiger partial charge in [0.1, 0.15) is 11.3 Å². The molecular weight excluding hydrogens is 432 g/mol. The van der Waals surface area contributed by atoms with Crippen molar-refractivity contribution >= 4 is 34.3 Å². The Kier molecular flexibility index (Phi) is 6.66. The lowest BCUT2D eigenvalue weighted by Gasteiger charge is -2.29. The van der Waals surface area contributed by atoms with Crippen LogP contribution >= 0.6 is 0 Å². The van der Waals surface area contributed by atoms with Crippen molar-refractivity contribution in [2.24, 2.45) is 11.8 Å². The number of aromatic nitrogens is 4. The van der Waals surface area contributed by atoms with Gasteiger partial charge in [-0.05, 0) is 49.8 Å². The lowest BCUT2D eigenvalue weighted by molar-refractivity contribution is -0.121. The average molecular weight is 463 g/mol. The number of anilines is 3. The predicted octanol–water partition coefficient (Wildman–Crippen LogP) is 2.67. The van der Waals surface area contributed by atoms with Crippen LogP contribution in [0.3, 0.4) is 0 Å². The molecule has 10 heteroatoms. The zero-order valence-electron chi connectivity index (χ0n) is 19.3. The van der Waals surface area contributed by atoms with E-state index >= 15 is 0 Å². The molecule has 1 saturated heterocycles. The van der Waals surface area contributed by atoms with E-state index < -0.39 is 0 Å². The summed E-state index contributed by atoms with van der Waals surface area (Å²) in [5, 5.41) is 13.9. The van der Waals surface area contributed by atoms with Gasteiger partial charge >= 0.3 is 0 Å². The van der Waals surface area contributed by atoms with Crippen LogP contribution in [-0.4, -0.2) is 58.6 Å². The fraction of sp³-hybridized carbons (Fsp3) is 0.458. The predicted molar refractivity (Wildman–Crippen MR) is 131 cm³/mol. The molecule has 1 aliphatic heterocycles. The van der Waals surface area contributed by atoms with Crippen LogP contribution in [-0.2, 0) is 4.79 Å². The number of rotatable bonds is 8. The number of nitrogens with one attached hydrogen (secondary N) is 4. The maximum Gasteiger partial charge on any atom is 0.240 e. The van der Waals surface area contributed by atoms with E-state index in [0.29, 0.717) is 29.5 Å². The Morgan fingerprint density at radius 1 is 1.09 bits per heavy atom. The summed E-state index contributed by atoms with van der Waals surface area (Å²) in [6, 6.07) is 6.40.